The molecule has 0 aromatic heterocycles. The average molecular weight is 204 g/mol. The van der Waals surface area contributed by atoms with E-state index in [-0.39, 0.29) is 5.78 Å². The van der Waals surface area contributed by atoms with Crippen molar-refractivity contribution in [3.63, 3.8) is 0 Å². The number of nitrogens with one attached hydrogen (secondary N) is 1. The molecular weight excluding hydrogens is 188 g/mol. The van der Waals surface area contributed by atoms with Gasteiger partial charge in [-0.2, -0.15) is 0 Å². The van der Waals surface area contributed by atoms with Crippen LogP contribution < -0.4 is 11.1 Å². The summed E-state index contributed by atoms with van der Waals surface area (Å²) in [7, 11) is 0. The van der Waals surface area contributed by atoms with Crippen LogP contribution in [0.5, 0.6) is 0 Å². The van der Waals surface area contributed by atoms with Crippen LogP contribution in [0.2, 0.25) is 0 Å². The molecule has 0 bridgehead atoms. The van der Waals surface area contributed by atoms with Gasteiger partial charge >= 0.3 is 0 Å². The molecule has 0 fully saturated rings. The Hall–Kier alpha value is -1.61. The number of carbonyl (C=O) groups excluding carboxylic acids is 1. The zero-order chi connectivity index (χ0) is 11.1. The highest BCUT2D eigenvalue weighted by Gasteiger charge is 2.00. The van der Waals surface area contributed by atoms with Crippen molar-refractivity contribution in [2.45, 2.75) is 6.92 Å². The van der Waals surface area contributed by atoms with E-state index in [4.69, 9.17) is 5.73 Å². The van der Waals surface area contributed by atoms with Gasteiger partial charge in [0.1, 0.15) is 0 Å². The summed E-state index contributed by atoms with van der Waals surface area (Å²) in [5.74, 6) is 0.0117. The second-order valence-electron chi connectivity index (χ2n) is 3.27. The van der Waals surface area contributed by atoms with E-state index in [1.807, 2.05) is 25.1 Å². The minimum atomic E-state index is 0.0117. The second kappa shape index (κ2) is 5.98. The Balaban J connectivity index is 2.62. The first kappa shape index (κ1) is 11.5. The summed E-state index contributed by atoms with van der Waals surface area (Å²) in [6, 6.07) is 9.19. The van der Waals surface area contributed by atoms with Gasteiger partial charge in [0, 0.05) is 30.4 Å². The molecule has 1 aromatic rings. The van der Waals surface area contributed by atoms with Crippen LogP contribution in [0.15, 0.2) is 42.1 Å². The van der Waals surface area contributed by atoms with Gasteiger partial charge in [-0.3, -0.25) is 4.79 Å². The molecule has 0 aliphatic rings. The van der Waals surface area contributed by atoms with Gasteiger partial charge in [-0.25, -0.2) is 0 Å². The minimum Gasteiger partial charge on any atom is -0.387 e. The lowest BCUT2D eigenvalue weighted by Gasteiger charge is -2.03. The summed E-state index contributed by atoms with van der Waals surface area (Å²) in [5, 5.41) is 3.05. The highest BCUT2D eigenvalue weighted by molar-refractivity contribution is 6.04. The zero-order valence-corrected chi connectivity index (χ0v) is 8.86. The SMILES string of the molecule is CC(=CC(=O)c1ccccc1)NCCN. The Morgan fingerprint density at radius 1 is 1.40 bits per heavy atom. The molecule has 0 saturated carbocycles. The van der Waals surface area contributed by atoms with Crippen LogP contribution in [0.25, 0.3) is 0 Å². The van der Waals surface area contributed by atoms with E-state index >= 15 is 0 Å². The van der Waals surface area contributed by atoms with Crippen LogP contribution >= 0.6 is 0 Å². The quantitative estimate of drug-likeness (QED) is 0.562. The third-order valence-corrected chi connectivity index (χ3v) is 1.95. The van der Waals surface area contributed by atoms with Gasteiger partial charge in [-0.05, 0) is 6.92 Å². The molecule has 3 nitrogen and oxygen atoms in total. The Labute approximate surface area is 90.0 Å². The molecule has 15 heavy (non-hydrogen) atoms. The zero-order valence-electron chi connectivity index (χ0n) is 8.86. The van der Waals surface area contributed by atoms with Gasteiger partial charge < -0.3 is 11.1 Å². The van der Waals surface area contributed by atoms with Crippen molar-refractivity contribution in [2.75, 3.05) is 13.1 Å². The maximum absolute atomic E-state index is 11.7. The molecule has 3 heteroatoms. The van der Waals surface area contributed by atoms with Crippen LogP contribution in [-0.4, -0.2) is 18.9 Å². The summed E-state index contributed by atoms with van der Waals surface area (Å²) in [5.41, 5.74) is 6.89. The number of rotatable bonds is 5. The fourth-order valence-electron chi connectivity index (χ4n) is 1.20. The second-order valence-corrected chi connectivity index (χ2v) is 3.27. The molecule has 0 amide bonds. The Morgan fingerprint density at radius 3 is 2.67 bits per heavy atom. The molecule has 0 spiro atoms. The van der Waals surface area contributed by atoms with Gasteiger partial charge in [0.25, 0.3) is 0 Å². The average Bonchev–Trinajstić information content (AvgIpc) is 2.27. The minimum absolute atomic E-state index is 0.0117. The van der Waals surface area contributed by atoms with E-state index in [0.717, 1.165) is 5.70 Å². The topological polar surface area (TPSA) is 55.1 Å². The van der Waals surface area contributed by atoms with E-state index in [9.17, 15) is 4.79 Å². The van der Waals surface area contributed by atoms with Crippen LogP contribution in [0.1, 0.15) is 17.3 Å². The van der Waals surface area contributed by atoms with E-state index in [0.29, 0.717) is 18.7 Å². The molecule has 0 radical (unpaired) electrons. The summed E-state index contributed by atoms with van der Waals surface area (Å²) >= 11 is 0. The number of hydrogen-bond acceptors (Lipinski definition) is 3. The number of carbonyl (C=O) groups is 1. The molecule has 80 valence electrons. The van der Waals surface area contributed by atoms with Crippen molar-refractivity contribution in [2.24, 2.45) is 5.73 Å². The van der Waals surface area contributed by atoms with Crippen molar-refractivity contribution in [1.82, 2.24) is 5.32 Å². The van der Waals surface area contributed by atoms with Crippen molar-refractivity contribution in [1.29, 1.82) is 0 Å². The lowest BCUT2D eigenvalue weighted by Crippen LogP contribution is -2.21. The monoisotopic (exact) mass is 204 g/mol. The number of benzene rings is 1. The molecule has 0 saturated heterocycles. The largest absolute Gasteiger partial charge is 0.387 e. The smallest absolute Gasteiger partial charge is 0.187 e. The summed E-state index contributed by atoms with van der Waals surface area (Å²) in [4.78, 5) is 11.7. The van der Waals surface area contributed by atoms with Crippen molar-refractivity contribution >= 4 is 5.78 Å². The van der Waals surface area contributed by atoms with Crippen LogP contribution in [0.4, 0.5) is 0 Å². The molecule has 0 unspecified atom stereocenters. The summed E-state index contributed by atoms with van der Waals surface area (Å²) in [6.45, 7) is 3.10. The van der Waals surface area contributed by atoms with Gasteiger partial charge in [0.2, 0.25) is 0 Å². The highest BCUT2D eigenvalue weighted by atomic mass is 16.1. The fourth-order valence-corrected chi connectivity index (χ4v) is 1.20. The van der Waals surface area contributed by atoms with E-state index in [1.54, 1.807) is 18.2 Å². The Bertz CT molecular complexity index is 344. The number of hydrogen-bond donors (Lipinski definition) is 2. The first-order valence-electron chi connectivity index (χ1n) is 4.95. The Kier molecular flexibility index (Phi) is 4.57. The molecule has 3 N–H and O–H groups in total. The predicted octanol–water partition coefficient (Wildman–Crippen LogP) is 1.32. The molecule has 0 atom stereocenters. The fraction of sp³-hybridized carbons (Fsp3) is 0.250. The summed E-state index contributed by atoms with van der Waals surface area (Å²) in [6.07, 6.45) is 1.59. The molecule has 1 aromatic carbocycles. The first-order valence-corrected chi connectivity index (χ1v) is 4.95. The summed E-state index contributed by atoms with van der Waals surface area (Å²) < 4.78 is 0. The molecule has 0 aliphatic heterocycles. The number of allylic oxidation sites excluding steroid dienone is 2. The van der Waals surface area contributed by atoms with Crippen LogP contribution in [0.3, 0.4) is 0 Å². The molecular formula is C12H16N2O. The number of ketones is 1. The first-order chi connectivity index (χ1) is 7.24. The van der Waals surface area contributed by atoms with E-state index in [2.05, 4.69) is 5.32 Å². The van der Waals surface area contributed by atoms with Crippen LogP contribution in [0, 0.1) is 0 Å². The molecule has 0 heterocycles. The Morgan fingerprint density at radius 2 is 2.07 bits per heavy atom. The van der Waals surface area contributed by atoms with Crippen molar-refractivity contribution in [3.8, 4) is 0 Å². The normalized spacial score (nSPS) is 11.2. The third-order valence-electron chi connectivity index (χ3n) is 1.95. The lowest BCUT2D eigenvalue weighted by atomic mass is 10.1. The highest BCUT2D eigenvalue weighted by Crippen LogP contribution is 2.02. The lowest BCUT2D eigenvalue weighted by molar-refractivity contribution is 0.104. The van der Waals surface area contributed by atoms with Gasteiger partial charge in [0.15, 0.2) is 5.78 Å². The number of nitrogens with two attached hydrogens (primary N) is 1. The van der Waals surface area contributed by atoms with Crippen LogP contribution in [-0.2, 0) is 0 Å². The van der Waals surface area contributed by atoms with Gasteiger partial charge in [-0.15, -0.1) is 0 Å². The maximum Gasteiger partial charge on any atom is 0.187 e. The van der Waals surface area contributed by atoms with Gasteiger partial charge in [-0.1, -0.05) is 30.3 Å². The maximum atomic E-state index is 11.7. The van der Waals surface area contributed by atoms with Crippen molar-refractivity contribution in [3.05, 3.63) is 47.7 Å². The van der Waals surface area contributed by atoms with E-state index in [1.165, 1.54) is 0 Å². The molecule has 1 rings (SSSR count). The third kappa shape index (κ3) is 3.95. The van der Waals surface area contributed by atoms with E-state index < -0.39 is 0 Å². The van der Waals surface area contributed by atoms with Crippen molar-refractivity contribution < 1.29 is 4.79 Å². The van der Waals surface area contributed by atoms with Gasteiger partial charge in [0.05, 0.1) is 0 Å². The predicted molar refractivity (Wildman–Crippen MR) is 61.6 cm³/mol. The standard InChI is InChI=1S/C12H16N2O/c1-10(14-8-7-13)9-12(15)11-5-3-2-4-6-11/h2-6,9,14H,7-8,13H2,1H3. The molecule has 0 aliphatic carbocycles.